The molecule has 0 saturated carbocycles. The number of unbranched alkanes of at least 4 members (excludes halogenated alkanes) is 7. The van der Waals surface area contributed by atoms with Crippen molar-refractivity contribution in [3.8, 4) is 0 Å². The van der Waals surface area contributed by atoms with Gasteiger partial charge in [-0.1, -0.05) is 199 Å². The molecule has 0 aliphatic heterocycles. The van der Waals surface area contributed by atoms with E-state index >= 15 is 0 Å². The molecule has 0 aromatic carbocycles. The molecule has 324 valence electrons. The van der Waals surface area contributed by atoms with Crippen LogP contribution in [0.15, 0.2) is 134 Å². The van der Waals surface area contributed by atoms with Crippen LogP contribution in [-0.2, 0) is 23.8 Å². The number of hydrogen-bond acceptors (Lipinski definition) is 5. The van der Waals surface area contributed by atoms with Crippen molar-refractivity contribution in [1.82, 2.24) is 0 Å². The van der Waals surface area contributed by atoms with Gasteiger partial charge in [0.05, 0.1) is 13.0 Å². The molecule has 0 saturated heterocycles. The highest BCUT2D eigenvalue weighted by Crippen LogP contribution is 2.09. The third-order valence-corrected chi connectivity index (χ3v) is 8.73. The Morgan fingerprint density at radius 2 is 0.793 bits per heavy atom. The number of carbonyl (C=O) groups is 2. The molecule has 0 aliphatic rings. The predicted octanol–water partition coefficient (Wildman–Crippen LogP) is 15.2. The largest absolute Gasteiger partial charge is 0.462 e. The topological polar surface area (TPSA) is 61.8 Å². The summed E-state index contributed by atoms with van der Waals surface area (Å²) in [5, 5.41) is 0. The molecule has 0 aromatic rings. The first kappa shape index (κ1) is 54.0. The van der Waals surface area contributed by atoms with Gasteiger partial charge >= 0.3 is 11.9 Å². The minimum atomic E-state index is -0.626. The number of rotatable bonds is 39. The van der Waals surface area contributed by atoms with Gasteiger partial charge in [-0.2, -0.15) is 0 Å². The minimum absolute atomic E-state index is 0.00256. The summed E-state index contributed by atoms with van der Waals surface area (Å²) in [6, 6.07) is 0. The Hall–Kier alpha value is -3.96. The van der Waals surface area contributed by atoms with Crippen LogP contribution in [0.3, 0.4) is 0 Å². The van der Waals surface area contributed by atoms with Gasteiger partial charge in [0.1, 0.15) is 6.61 Å². The molecule has 0 amide bonds. The monoisotopic (exact) mass is 799 g/mol. The summed E-state index contributed by atoms with van der Waals surface area (Å²) in [5.41, 5.74) is 0. The van der Waals surface area contributed by atoms with Crippen molar-refractivity contribution in [1.29, 1.82) is 0 Å². The molecular formula is C53H82O5. The normalized spacial score (nSPS) is 13.5. The highest BCUT2D eigenvalue weighted by molar-refractivity contribution is 5.71. The first-order chi connectivity index (χ1) is 28.6. The second kappa shape index (κ2) is 47.4. The minimum Gasteiger partial charge on any atom is -0.462 e. The van der Waals surface area contributed by atoms with Gasteiger partial charge in [-0.15, -0.1) is 0 Å². The third kappa shape index (κ3) is 44.8. The summed E-state index contributed by atoms with van der Waals surface area (Å²) in [4.78, 5) is 25.1. The smallest absolute Gasteiger partial charge is 0.310 e. The van der Waals surface area contributed by atoms with Crippen molar-refractivity contribution >= 4 is 11.9 Å². The SMILES string of the molecule is CC/C=C\C/C=C\C/C=C\C/C=C\C/C=C\C/C=C\CCC(=O)OCC(COCCCCCCCCCC)OC(=O)C/C=C\C/C=C\C/C=C\C/C=C\C/C=C\CC. The van der Waals surface area contributed by atoms with Crippen LogP contribution in [0, 0.1) is 0 Å². The maximum absolute atomic E-state index is 12.6. The molecule has 1 unspecified atom stereocenters. The van der Waals surface area contributed by atoms with E-state index in [1.54, 1.807) is 0 Å². The van der Waals surface area contributed by atoms with Gasteiger partial charge in [-0.25, -0.2) is 0 Å². The summed E-state index contributed by atoms with van der Waals surface area (Å²) in [6.45, 7) is 7.35. The molecule has 5 heteroatoms. The Morgan fingerprint density at radius 1 is 0.414 bits per heavy atom. The molecular weight excluding hydrogens is 717 g/mol. The molecule has 0 rings (SSSR count). The van der Waals surface area contributed by atoms with Gasteiger partial charge in [-0.3, -0.25) is 9.59 Å². The lowest BCUT2D eigenvalue weighted by Gasteiger charge is -2.18. The third-order valence-electron chi connectivity index (χ3n) is 8.73. The van der Waals surface area contributed by atoms with Gasteiger partial charge in [0.25, 0.3) is 0 Å². The molecule has 0 fully saturated rings. The molecule has 0 spiro atoms. The first-order valence-electron chi connectivity index (χ1n) is 22.7. The summed E-state index contributed by atoms with van der Waals surface area (Å²) in [6.07, 6.45) is 67.8. The van der Waals surface area contributed by atoms with Crippen LogP contribution in [0.2, 0.25) is 0 Å². The lowest BCUT2D eigenvalue weighted by atomic mass is 10.1. The number of hydrogen-bond donors (Lipinski definition) is 0. The first-order valence-corrected chi connectivity index (χ1v) is 22.7. The summed E-state index contributed by atoms with van der Waals surface area (Å²) in [7, 11) is 0. The quantitative estimate of drug-likeness (QED) is 0.0352. The number of ether oxygens (including phenoxy) is 3. The van der Waals surface area contributed by atoms with Crippen LogP contribution >= 0.6 is 0 Å². The Labute approximate surface area is 356 Å². The molecule has 0 aromatic heterocycles. The Balaban J connectivity index is 4.48. The van der Waals surface area contributed by atoms with Crippen molar-refractivity contribution in [2.45, 2.75) is 168 Å². The molecule has 0 N–H and O–H groups in total. The van der Waals surface area contributed by atoms with E-state index in [-0.39, 0.29) is 38.0 Å². The lowest BCUT2D eigenvalue weighted by Crippen LogP contribution is -2.29. The summed E-state index contributed by atoms with van der Waals surface area (Å²) in [5.74, 6) is -0.655. The molecule has 0 radical (unpaired) electrons. The zero-order chi connectivity index (χ0) is 42.1. The van der Waals surface area contributed by atoms with Gasteiger partial charge in [0, 0.05) is 13.0 Å². The zero-order valence-electron chi connectivity index (χ0n) is 37.0. The van der Waals surface area contributed by atoms with Crippen molar-refractivity contribution < 1.29 is 23.8 Å². The second-order valence-electron chi connectivity index (χ2n) is 14.2. The van der Waals surface area contributed by atoms with Crippen LogP contribution in [0.5, 0.6) is 0 Å². The zero-order valence-corrected chi connectivity index (χ0v) is 37.0. The molecule has 1 atom stereocenters. The van der Waals surface area contributed by atoms with E-state index in [2.05, 4.69) is 136 Å². The highest BCUT2D eigenvalue weighted by Gasteiger charge is 2.17. The molecule has 58 heavy (non-hydrogen) atoms. The summed E-state index contributed by atoms with van der Waals surface area (Å²) >= 11 is 0. The average molecular weight is 799 g/mol. The fraction of sp³-hybridized carbons (Fsp3) is 0.547. The van der Waals surface area contributed by atoms with Crippen LogP contribution in [0.25, 0.3) is 0 Å². The highest BCUT2D eigenvalue weighted by atomic mass is 16.6. The van der Waals surface area contributed by atoms with Gasteiger partial charge in [0.2, 0.25) is 0 Å². The van der Waals surface area contributed by atoms with Gasteiger partial charge < -0.3 is 14.2 Å². The van der Waals surface area contributed by atoms with Gasteiger partial charge in [0.15, 0.2) is 6.10 Å². The fourth-order valence-electron chi connectivity index (χ4n) is 5.43. The Kier molecular flexibility index (Phi) is 44.2. The average Bonchev–Trinajstić information content (AvgIpc) is 3.22. The van der Waals surface area contributed by atoms with Crippen LogP contribution in [0.1, 0.15) is 162 Å². The van der Waals surface area contributed by atoms with E-state index < -0.39 is 6.10 Å². The van der Waals surface area contributed by atoms with Crippen LogP contribution < -0.4 is 0 Å². The van der Waals surface area contributed by atoms with Gasteiger partial charge in [-0.05, 0) is 83.5 Å². The van der Waals surface area contributed by atoms with Crippen molar-refractivity contribution in [2.24, 2.45) is 0 Å². The van der Waals surface area contributed by atoms with Crippen molar-refractivity contribution in [2.75, 3.05) is 19.8 Å². The maximum Gasteiger partial charge on any atom is 0.310 e. The molecule has 0 bridgehead atoms. The Morgan fingerprint density at radius 3 is 1.22 bits per heavy atom. The fourth-order valence-corrected chi connectivity index (χ4v) is 5.43. The molecule has 5 nitrogen and oxygen atoms in total. The number of esters is 2. The number of carbonyl (C=O) groups excluding carboxylic acids is 2. The second-order valence-corrected chi connectivity index (χ2v) is 14.2. The van der Waals surface area contributed by atoms with E-state index in [0.717, 1.165) is 83.5 Å². The van der Waals surface area contributed by atoms with E-state index in [0.29, 0.717) is 13.0 Å². The van der Waals surface area contributed by atoms with Crippen molar-refractivity contribution in [3.05, 3.63) is 134 Å². The standard InChI is InChI=1S/C53H82O5/c1-4-7-10-13-16-19-21-23-25-26-27-28-30-31-33-35-37-40-43-46-52(54)57-50-51(49-56-48-45-42-39-18-15-12-9-6-3)58-53(55)47-44-41-38-36-34-32-29-24-22-20-17-14-11-8-5-2/h7-8,10-11,16-17,19-20,23-25,27-29,31,33-34,36-37,40-41,44,51H,4-6,9,12-15,18,21-22,26,30,32,35,38-39,42-43,45-50H2,1-3H3/b10-7-,11-8-,19-16-,20-17-,25-23-,28-27-,29-24-,33-31-,36-34-,40-37-,44-41-. The predicted molar refractivity (Wildman–Crippen MR) is 251 cm³/mol. The number of allylic oxidation sites excluding steroid dienone is 21. The molecule has 0 heterocycles. The summed E-state index contributed by atoms with van der Waals surface area (Å²) < 4.78 is 17.1. The van der Waals surface area contributed by atoms with Crippen molar-refractivity contribution in [3.63, 3.8) is 0 Å². The molecule has 0 aliphatic carbocycles. The van der Waals surface area contributed by atoms with E-state index in [1.807, 2.05) is 18.2 Å². The van der Waals surface area contributed by atoms with E-state index in [4.69, 9.17) is 14.2 Å². The van der Waals surface area contributed by atoms with Crippen LogP contribution in [0.4, 0.5) is 0 Å². The lowest BCUT2D eigenvalue weighted by molar-refractivity contribution is -0.162. The Bertz CT molecular complexity index is 1270. The maximum atomic E-state index is 12.6. The van der Waals surface area contributed by atoms with E-state index in [1.165, 1.54) is 38.5 Å². The van der Waals surface area contributed by atoms with Crippen LogP contribution in [-0.4, -0.2) is 37.9 Å². The van der Waals surface area contributed by atoms with E-state index in [9.17, 15) is 9.59 Å².